The van der Waals surface area contributed by atoms with Crippen LogP contribution in [0.5, 0.6) is 0 Å². The average molecular weight is 275 g/mol. The molecule has 0 bridgehead atoms. The summed E-state index contributed by atoms with van der Waals surface area (Å²) in [4.78, 5) is 0.263. The third-order valence-electron chi connectivity index (χ3n) is 2.77. The summed E-state index contributed by atoms with van der Waals surface area (Å²) >= 11 is 5.82. The van der Waals surface area contributed by atoms with Crippen LogP contribution < -0.4 is 5.32 Å². The van der Waals surface area contributed by atoms with Gasteiger partial charge in [0, 0.05) is 30.7 Å². The fourth-order valence-electron chi connectivity index (χ4n) is 1.89. The molecule has 1 aromatic carbocycles. The van der Waals surface area contributed by atoms with E-state index in [0.717, 1.165) is 0 Å². The Labute approximate surface area is 107 Å². The first kappa shape index (κ1) is 12.8. The van der Waals surface area contributed by atoms with Gasteiger partial charge in [-0.25, -0.2) is 8.42 Å². The average Bonchev–Trinajstić information content (AvgIpc) is 2.29. The molecule has 1 aliphatic rings. The highest BCUT2D eigenvalue weighted by atomic mass is 35.5. The topological polar surface area (TPSA) is 49.4 Å². The minimum Gasteiger partial charge on any atom is -0.312 e. The zero-order chi connectivity index (χ0) is 12.5. The van der Waals surface area contributed by atoms with Crippen LogP contribution in [0.1, 0.15) is 6.92 Å². The molecule has 0 spiro atoms. The van der Waals surface area contributed by atoms with Crippen molar-refractivity contribution in [3.8, 4) is 0 Å². The van der Waals surface area contributed by atoms with E-state index in [1.165, 1.54) is 10.4 Å². The Bertz CT molecular complexity index is 504. The van der Waals surface area contributed by atoms with Crippen molar-refractivity contribution in [2.75, 3.05) is 19.6 Å². The summed E-state index contributed by atoms with van der Waals surface area (Å²) in [5, 5.41) is 3.65. The van der Waals surface area contributed by atoms with Gasteiger partial charge in [0.1, 0.15) is 0 Å². The highest BCUT2D eigenvalue weighted by molar-refractivity contribution is 7.89. The molecule has 0 unspecified atom stereocenters. The van der Waals surface area contributed by atoms with Crippen LogP contribution in [0, 0.1) is 0 Å². The molecule has 6 heteroatoms. The summed E-state index contributed by atoms with van der Waals surface area (Å²) in [6.07, 6.45) is 0. The Kier molecular flexibility index (Phi) is 3.73. The van der Waals surface area contributed by atoms with E-state index in [-0.39, 0.29) is 10.9 Å². The lowest BCUT2D eigenvalue weighted by atomic mass is 10.3. The van der Waals surface area contributed by atoms with E-state index in [2.05, 4.69) is 5.32 Å². The smallest absolute Gasteiger partial charge is 0.243 e. The fraction of sp³-hybridized carbons (Fsp3) is 0.455. The molecule has 0 saturated carbocycles. The lowest BCUT2D eigenvalue weighted by Crippen LogP contribution is -2.51. The van der Waals surface area contributed by atoms with E-state index in [4.69, 9.17) is 11.6 Å². The molecule has 1 saturated heterocycles. The molecular weight excluding hydrogens is 260 g/mol. The first-order valence-electron chi connectivity index (χ1n) is 5.49. The molecule has 0 aromatic heterocycles. The van der Waals surface area contributed by atoms with Gasteiger partial charge in [-0.1, -0.05) is 17.7 Å². The third kappa shape index (κ3) is 2.80. The Morgan fingerprint density at radius 3 is 2.88 bits per heavy atom. The van der Waals surface area contributed by atoms with Gasteiger partial charge < -0.3 is 5.32 Å². The van der Waals surface area contributed by atoms with E-state index in [0.29, 0.717) is 24.7 Å². The molecule has 4 nitrogen and oxygen atoms in total. The van der Waals surface area contributed by atoms with Crippen LogP contribution >= 0.6 is 11.6 Å². The van der Waals surface area contributed by atoms with Crippen LogP contribution in [0.15, 0.2) is 29.2 Å². The number of hydrogen-bond acceptors (Lipinski definition) is 3. The molecule has 1 heterocycles. The Morgan fingerprint density at radius 1 is 1.47 bits per heavy atom. The van der Waals surface area contributed by atoms with E-state index in [1.54, 1.807) is 18.2 Å². The lowest BCUT2D eigenvalue weighted by Gasteiger charge is -2.31. The van der Waals surface area contributed by atoms with Crippen LogP contribution in [0.3, 0.4) is 0 Å². The van der Waals surface area contributed by atoms with Crippen molar-refractivity contribution in [2.45, 2.75) is 17.9 Å². The van der Waals surface area contributed by atoms with E-state index in [9.17, 15) is 8.42 Å². The molecule has 2 rings (SSSR count). The highest BCUT2D eigenvalue weighted by Crippen LogP contribution is 2.20. The first-order valence-corrected chi connectivity index (χ1v) is 7.31. The van der Waals surface area contributed by atoms with Gasteiger partial charge in [-0.2, -0.15) is 4.31 Å². The molecule has 94 valence electrons. The number of hydrogen-bond donors (Lipinski definition) is 1. The number of nitrogens with zero attached hydrogens (tertiary/aromatic N) is 1. The van der Waals surface area contributed by atoms with Crippen LogP contribution in [0.25, 0.3) is 0 Å². The van der Waals surface area contributed by atoms with Gasteiger partial charge >= 0.3 is 0 Å². The van der Waals surface area contributed by atoms with Gasteiger partial charge in [-0.15, -0.1) is 0 Å². The Morgan fingerprint density at radius 2 is 2.24 bits per heavy atom. The van der Waals surface area contributed by atoms with Crippen LogP contribution in [0.4, 0.5) is 0 Å². The maximum Gasteiger partial charge on any atom is 0.243 e. The largest absolute Gasteiger partial charge is 0.312 e. The Hall–Kier alpha value is -0.620. The van der Waals surface area contributed by atoms with Crippen LogP contribution in [0.2, 0.25) is 5.02 Å². The van der Waals surface area contributed by atoms with Crippen molar-refractivity contribution in [2.24, 2.45) is 0 Å². The van der Waals surface area contributed by atoms with E-state index < -0.39 is 10.0 Å². The highest BCUT2D eigenvalue weighted by Gasteiger charge is 2.28. The molecule has 0 radical (unpaired) electrons. The Balaban J connectivity index is 2.29. The van der Waals surface area contributed by atoms with Crippen molar-refractivity contribution in [1.82, 2.24) is 9.62 Å². The number of benzene rings is 1. The van der Waals surface area contributed by atoms with Crippen molar-refractivity contribution >= 4 is 21.6 Å². The predicted molar refractivity (Wildman–Crippen MR) is 67.7 cm³/mol. The van der Waals surface area contributed by atoms with E-state index >= 15 is 0 Å². The second kappa shape index (κ2) is 4.94. The first-order chi connectivity index (χ1) is 8.00. The summed E-state index contributed by atoms with van der Waals surface area (Å²) in [5.41, 5.74) is 0. The molecule has 0 amide bonds. The second-order valence-corrected chi connectivity index (χ2v) is 6.55. The monoisotopic (exact) mass is 274 g/mol. The van der Waals surface area contributed by atoms with Crippen LogP contribution in [-0.4, -0.2) is 38.4 Å². The standard InChI is InChI=1S/C11H15ClN2O2S/c1-9-8-14(6-5-13-9)17(15,16)11-4-2-3-10(12)7-11/h2-4,7,9,13H,5-6,8H2,1H3/t9-/m0/s1. The maximum atomic E-state index is 12.3. The van der Waals surface area contributed by atoms with Gasteiger partial charge in [-0.3, -0.25) is 0 Å². The summed E-state index contributed by atoms with van der Waals surface area (Å²) in [6, 6.07) is 6.57. The maximum absolute atomic E-state index is 12.3. The zero-order valence-corrected chi connectivity index (χ0v) is 11.1. The molecule has 1 N–H and O–H groups in total. The number of rotatable bonds is 2. The van der Waals surface area contributed by atoms with Crippen molar-refractivity contribution in [3.05, 3.63) is 29.3 Å². The lowest BCUT2D eigenvalue weighted by molar-refractivity contribution is 0.310. The molecule has 1 aliphatic heterocycles. The minimum absolute atomic E-state index is 0.178. The number of halogens is 1. The van der Waals surface area contributed by atoms with Gasteiger partial charge in [0.15, 0.2) is 0 Å². The molecule has 0 aliphatic carbocycles. The number of nitrogens with one attached hydrogen (secondary N) is 1. The molecule has 17 heavy (non-hydrogen) atoms. The zero-order valence-electron chi connectivity index (χ0n) is 9.56. The summed E-state index contributed by atoms with van der Waals surface area (Å²) in [6.45, 7) is 3.65. The number of sulfonamides is 1. The predicted octanol–water partition coefficient (Wildman–Crippen LogP) is 1.32. The summed E-state index contributed by atoms with van der Waals surface area (Å²) in [7, 11) is -3.41. The van der Waals surface area contributed by atoms with E-state index in [1.807, 2.05) is 6.92 Å². The number of piperazine rings is 1. The molecule has 1 aromatic rings. The third-order valence-corrected chi connectivity index (χ3v) is 4.86. The second-order valence-electron chi connectivity index (χ2n) is 4.18. The minimum atomic E-state index is -3.41. The fourth-order valence-corrected chi connectivity index (χ4v) is 3.72. The van der Waals surface area contributed by atoms with Crippen molar-refractivity contribution < 1.29 is 8.42 Å². The molecule has 1 fully saturated rings. The van der Waals surface area contributed by atoms with Gasteiger partial charge in [-0.05, 0) is 25.1 Å². The SMILES string of the molecule is C[C@H]1CN(S(=O)(=O)c2cccc(Cl)c2)CCN1. The van der Waals surface area contributed by atoms with Gasteiger partial charge in [0.25, 0.3) is 0 Å². The normalized spacial score (nSPS) is 22.6. The van der Waals surface area contributed by atoms with Crippen LogP contribution in [-0.2, 0) is 10.0 Å². The molecule has 1 atom stereocenters. The van der Waals surface area contributed by atoms with Gasteiger partial charge in [0.05, 0.1) is 4.90 Å². The molecular formula is C11H15ClN2O2S. The summed E-state index contributed by atoms with van der Waals surface area (Å²) < 4.78 is 26.1. The van der Waals surface area contributed by atoms with Gasteiger partial charge in [0.2, 0.25) is 10.0 Å². The quantitative estimate of drug-likeness (QED) is 0.885. The van der Waals surface area contributed by atoms with Crippen molar-refractivity contribution in [3.63, 3.8) is 0 Å². The summed E-state index contributed by atoms with van der Waals surface area (Å²) in [5.74, 6) is 0. The van der Waals surface area contributed by atoms with Crippen molar-refractivity contribution in [1.29, 1.82) is 0 Å².